The molecule has 0 fully saturated rings. The number of rotatable bonds is 4. The summed E-state index contributed by atoms with van der Waals surface area (Å²) >= 11 is 5.64. The van der Waals surface area contributed by atoms with E-state index in [1.54, 1.807) is 0 Å². The number of halogens is 3. The summed E-state index contributed by atoms with van der Waals surface area (Å²) in [6.45, 7) is 3.07. The molecule has 0 atom stereocenters. The number of hydrogen-bond acceptors (Lipinski definition) is 2. The predicted octanol–water partition coefficient (Wildman–Crippen LogP) is 3.38. The lowest BCUT2D eigenvalue weighted by Crippen LogP contribution is -2.23. The molecule has 0 unspecified atom stereocenters. The van der Waals surface area contributed by atoms with Crippen molar-refractivity contribution in [3.05, 3.63) is 28.3 Å². The van der Waals surface area contributed by atoms with E-state index < -0.39 is 28.8 Å². The Balaban J connectivity index is 3.42. The Morgan fingerprint density at radius 3 is 2.44 bits per heavy atom. The maximum atomic E-state index is 14.0. The highest BCUT2D eigenvalue weighted by Crippen LogP contribution is 2.38. The molecule has 0 radical (unpaired) electrons. The highest BCUT2D eigenvalue weighted by Gasteiger charge is 2.31. The van der Waals surface area contributed by atoms with Gasteiger partial charge in [-0.25, -0.2) is 8.78 Å². The van der Waals surface area contributed by atoms with Crippen molar-refractivity contribution in [1.29, 1.82) is 0 Å². The van der Waals surface area contributed by atoms with Gasteiger partial charge in [0.2, 0.25) is 0 Å². The lowest BCUT2D eigenvalue weighted by molar-refractivity contribution is -0.138. The fraction of sp³-hybridized carbons (Fsp3) is 0.417. The molecule has 0 spiro atoms. The normalized spacial score (nSPS) is 11.4. The molecule has 0 aliphatic rings. The molecule has 0 aliphatic carbocycles. The molecule has 0 saturated heterocycles. The third-order valence-electron chi connectivity index (χ3n) is 2.64. The lowest BCUT2D eigenvalue weighted by Gasteiger charge is -2.25. The average molecular weight is 279 g/mol. The van der Waals surface area contributed by atoms with Crippen LogP contribution in [0, 0.1) is 11.6 Å². The largest absolute Gasteiger partial charge is 0.491 e. The summed E-state index contributed by atoms with van der Waals surface area (Å²) in [6, 6.07) is 1.09. The van der Waals surface area contributed by atoms with Gasteiger partial charge in [0.1, 0.15) is 0 Å². The van der Waals surface area contributed by atoms with Crippen molar-refractivity contribution in [3.63, 3.8) is 0 Å². The first-order chi connectivity index (χ1) is 8.20. The highest BCUT2D eigenvalue weighted by molar-refractivity contribution is 6.31. The molecule has 1 N–H and O–H groups in total. The molecular weight excluding hydrogens is 266 g/mol. The molecule has 1 rings (SSSR count). The minimum Gasteiger partial charge on any atom is -0.491 e. The molecule has 0 aliphatic heterocycles. The van der Waals surface area contributed by atoms with Gasteiger partial charge in [-0.1, -0.05) is 25.4 Å². The molecule has 18 heavy (non-hydrogen) atoms. The van der Waals surface area contributed by atoms with Gasteiger partial charge in [-0.05, 0) is 11.6 Å². The molecule has 0 heterocycles. The van der Waals surface area contributed by atoms with E-state index in [1.807, 2.05) is 0 Å². The van der Waals surface area contributed by atoms with Gasteiger partial charge in [0.25, 0.3) is 0 Å². The first kappa shape index (κ1) is 14.7. The molecular formula is C12H13ClF2O3. The van der Waals surface area contributed by atoms with Crippen LogP contribution in [0.15, 0.2) is 6.07 Å². The van der Waals surface area contributed by atoms with E-state index in [1.165, 1.54) is 13.8 Å². The first-order valence-corrected chi connectivity index (χ1v) is 5.52. The number of aliphatic carboxylic acids is 1. The SMILES string of the molecule is COc1c(F)c(Cl)cc(C(C)(C)CC(=O)O)c1F. The van der Waals surface area contributed by atoms with Crippen molar-refractivity contribution >= 4 is 17.6 Å². The molecule has 0 bridgehead atoms. The zero-order valence-electron chi connectivity index (χ0n) is 10.2. The van der Waals surface area contributed by atoms with Gasteiger partial charge in [-0.15, -0.1) is 0 Å². The minimum absolute atomic E-state index is 0.00755. The monoisotopic (exact) mass is 278 g/mol. The van der Waals surface area contributed by atoms with E-state index in [2.05, 4.69) is 4.74 Å². The average Bonchev–Trinajstić information content (AvgIpc) is 2.22. The van der Waals surface area contributed by atoms with Crippen molar-refractivity contribution in [2.24, 2.45) is 0 Å². The fourth-order valence-corrected chi connectivity index (χ4v) is 1.92. The van der Waals surface area contributed by atoms with Crippen LogP contribution < -0.4 is 4.74 Å². The quantitative estimate of drug-likeness (QED) is 0.859. The number of carboxylic acids is 1. The Hall–Kier alpha value is -1.36. The van der Waals surface area contributed by atoms with Gasteiger partial charge in [0.15, 0.2) is 17.4 Å². The predicted molar refractivity (Wildman–Crippen MR) is 63.2 cm³/mol. The topological polar surface area (TPSA) is 46.5 Å². The van der Waals surface area contributed by atoms with Crippen molar-refractivity contribution in [2.45, 2.75) is 25.7 Å². The van der Waals surface area contributed by atoms with Gasteiger partial charge in [-0.3, -0.25) is 4.79 Å². The molecule has 0 amide bonds. The third kappa shape index (κ3) is 2.72. The zero-order chi connectivity index (χ0) is 14.1. The first-order valence-electron chi connectivity index (χ1n) is 5.14. The molecule has 0 saturated carbocycles. The Morgan fingerprint density at radius 2 is 2.00 bits per heavy atom. The van der Waals surface area contributed by atoms with Gasteiger partial charge in [0.05, 0.1) is 18.6 Å². The van der Waals surface area contributed by atoms with E-state index >= 15 is 0 Å². The summed E-state index contributed by atoms with van der Waals surface area (Å²) in [5.74, 6) is -3.60. The molecule has 6 heteroatoms. The summed E-state index contributed by atoms with van der Waals surface area (Å²) in [5.41, 5.74) is -1.02. The summed E-state index contributed by atoms with van der Waals surface area (Å²) < 4.78 is 32.1. The Bertz CT molecular complexity index is 487. The van der Waals surface area contributed by atoms with Crippen LogP contribution in [-0.4, -0.2) is 18.2 Å². The Morgan fingerprint density at radius 1 is 1.44 bits per heavy atom. The Kier molecular flexibility index (Phi) is 4.16. The fourth-order valence-electron chi connectivity index (χ4n) is 1.73. The molecule has 0 aromatic heterocycles. The van der Waals surface area contributed by atoms with E-state index in [9.17, 15) is 13.6 Å². The standard InChI is InChI=1S/C12H13ClF2O3/c1-12(2,5-8(16)17)6-4-7(13)10(15)11(18-3)9(6)14/h4H,5H2,1-3H3,(H,16,17). The number of methoxy groups -OCH3 is 1. The van der Waals surface area contributed by atoms with Crippen LogP contribution in [0.2, 0.25) is 5.02 Å². The lowest BCUT2D eigenvalue weighted by atomic mass is 9.81. The number of carbonyl (C=O) groups is 1. The van der Waals surface area contributed by atoms with Crippen LogP contribution in [0.3, 0.4) is 0 Å². The summed E-state index contributed by atoms with van der Waals surface area (Å²) in [7, 11) is 1.12. The molecule has 1 aromatic rings. The van der Waals surface area contributed by atoms with Gasteiger partial charge in [-0.2, -0.15) is 0 Å². The highest BCUT2D eigenvalue weighted by atomic mass is 35.5. The van der Waals surface area contributed by atoms with Crippen molar-refractivity contribution in [1.82, 2.24) is 0 Å². The molecule has 100 valence electrons. The van der Waals surface area contributed by atoms with Crippen molar-refractivity contribution in [2.75, 3.05) is 7.11 Å². The van der Waals surface area contributed by atoms with Crippen LogP contribution in [0.5, 0.6) is 5.75 Å². The second-order valence-corrected chi connectivity index (χ2v) is 4.93. The minimum atomic E-state index is -1.08. The summed E-state index contributed by atoms with van der Waals surface area (Å²) in [4.78, 5) is 10.7. The molecule has 1 aromatic carbocycles. The second-order valence-electron chi connectivity index (χ2n) is 4.52. The van der Waals surface area contributed by atoms with E-state index in [0.29, 0.717) is 0 Å². The molecule has 3 nitrogen and oxygen atoms in total. The summed E-state index contributed by atoms with van der Waals surface area (Å²) in [5, 5.41) is 8.49. The van der Waals surface area contributed by atoms with Crippen LogP contribution in [0.4, 0.5) is 8.78 Å². The van der Waals surface area contributed by atoms with Crippen LogP contribution in [-0.2, 0) is 10.2 Å². The van der Waals surface area contributed by atoms with E-state index in [4.69, 9.17) is 16.7 Å². The van der Waals surface area contributed by atoms with Gasteiger partial charge < -0.3 is 9.84 Å². The number of benzene rings is 1. The smallest absolute Gasteiger partial charge is 0.304 e. The number of carboxylic acid groups (broad SMARTS) is 1. The second kappa shape index (κ2) is 5.10. The number of hydrogen-bond donors (Lipinski definition) is 1. The van der Waals surface area contributed by atoms with Gasteiger partial charge >= 0.3 is 5.97 Å². The summed E-state index contributed by atoms with van der Waals surface area (Å²) in [6.07, 6.45) is -0.310. The van der Waals surface area contributed by atoms with Crippen LogP contribution in [0.25, 0.3) is 0 Å². The van der Waals surface area contributed by atoms with Crippen LogP contribution in [0.1, 0.15) is 25.8 Å². The number of ether oxygens (including phenoxy) is 1. The van der Waals surface area contributed by atoms with Crippen molar-refractivity contribution < 1.29 is 23.4 Å². The van der Waals surface area contributed by atoms with E-state index in [-0.39, 0.29) is 17.0 Å². The zero-order valence-corrected chi connectivity index (χ0v) is 10.9. The Labute approximate surface area is 108 Å². The maximum Gasteiger partial charge on any atom is 0.304 e. The maximum absolute atomic E-state index is 14.0. The third-order valence-corrected chi connectivity index (χ3v) is 2.92. The van der Waals surface area contributed by atoms with E-state index in [0.717, 1.165) is 13.2 Å². The van der Waals surface area contributed by atoms with Crippen LogP contribution >= 0.6 is 11.6 Å². The van der Waals surface area contributed by atoms with Crippen molar-refractivity contribution in [3.8, 4) is 5.75 Å². The van der Waals surface area contributed by atoms with Gasteiger partial charge in [0, 0.05) is 5.41 Å².